The summed E-state index contributed by atoms with van der Waals surface area (Å²) in [5.74, 6) is -1.93. The van der Waals surface area contributed by atoms with Gasteiger partial charge in [0.1, 0.15) is 4.90 Å². The number of benzene rings is 1. The second-order valence-electron chi connectivity index (χ2n) is 4.64. The van der Waals surface area contributed by atoms with E-state index in [0.717, 1.165) is 18.6 Å². The van der Waals surface area contributed by atoms with Gasteiger partial charge in [-0.15, -0.1) is 0 Å². The van der Waals surface area contributed by atoms with Crippen LogP contribution >= 0.6 is 0 Å². The molecule has 7 heteroatoms. The number of nitrogens with one attached hydrogen (secondary N) is 1. The molecule has 18 heavy (non-hydrogen) atoms. The highest BCUT2D eigenvalue weighted by molar-refractivity contribution is 7.89. The lowest BCUT2D eigenvalue weighted by Crippen LogP contribution is -2.27. The zero-order valence-electron chi connectivity index (χ0n) is 9.78. The summed E-state index contributed by atoms with van der Waals surface area (Å²) in [5, 5.41) is 0. The van der Waals surface area contributed by atoms with Crippen LogP contribution in [-0.2, 0) is 10.0 Å². The fraction of sp³-hybridized carbons (Fsp3) is 0.455. The van der Waals surface area contributed by atoms with Crippen LogP contribution < -0.4 is 10.5 Å². The van der Waals surface area contributed by atoms with Crippen LogP contribution in [0.5, 0.6) is 0 Å². The predicted molar refractivity (Wildman–Crippen MR) is 63.2 cm³/mol. The zero-order valence-corrected chi connectivity index (χ0v) is 10.6. The fourth-order valence-corrected chi connectivity index (χ4v) is 2.97. The van der Waals surface area contributed by atoms with Gasteiger partial charge >= 0.3 is 0 Å². The van der Waals surface area contributed by atoms with Gasteiger partial charge in [-0.05, 0) is 30.4 Å². The molecule has 3 N–H and O–H groups in total. The lowest BCUT2D eigenvalue weighted by Gasteiger charge is -2.08. The second-order valence-corrected chi connectivity index (χ2v) is 6.38. The van der Waals surface area contributed by atoms with Crippen LogP contribution in [-0.4, -0.2) is 15.0 Å². The van der Waals surface area contributed by atoms with Crippen molar-refractivity contribution < 1.29 is 17.2 Å². The molecule has 1 fully saturated rings. The van der Waals surface area contributed by atoms with Gasteiger partial charge in [-0.25, -0.2) is 21.9 Å². The van der Waals surface area contributed by atoms with E-state index < -0.39 is 26.6 Å². The van der Waals surface area contributed by atoms with E-state index in [9.17, 15) is 17.2 Å². The Kier molecular flexibility index (Phi) is 3.29. The summed E-state index contributed by atoms with van der Waals surface area (Å²) < 4.78 is 52.5. The summed E-state index contributed by atoms with van der Waals surface area (Å²) in [5.41, 5.74) is 5.19. The van der Waals surface area contributed by atoms with Crippen LogP contribution in [0.4, 0.5) is 14.5 Å². The molecule has 0 saturated heterocycles. The van der Waals surface area contributed by atoms with Crippen molar-refractivity contribution in [2.75, 3.05) is 12.3 Å². The third-order valence-electron chi connectivity index (χ3n) is 3.12. The minimum Gasteiger partial charge on any atom is -0.399 e. The Bertz CT molecular complexity index is 575. The van der Waals surface area contributed by atoms with E-state index in [1.54, 1.807) is 0 Å². The summed E-state index contributed by atoms with van der Waals surface area (Å²) in [6.45, 7) is 2.24. The van der Waals surface area contributed by atoms with Gasteiger partial charge in [0.2, 0.25) is 10.0 Å². The number of nitrogen functional groups attached to an aromatic ring is 1. The van der Waals surface area contributed by atoms with Crippen molar-refractivity contribution in [2.24, 2.45) is 11.8 Å². The molecule has 0 spiro atoms. The van der Waals surface area contributed by atoms with Crippen LogP contribution in [0.2, 0.25) is 0 Å². The lowest BCUT2D eigenvalue weighted by atomic mass is 10.3. The first-order valence-electron chi connectivity index (χ1n) is 5.55. The first-order valence-corrected chi connectivity index (χ1v) is 7.04. The minimum atomic E-state index is -4.06. The Hall–Kier alpha value is -1.21. The Morgan fingerprint density at radius 1 is 1.44 bits per heavy atom. The maximum absolute atomic E-state index is 13.4. The Morgan fingerprint density at radius 3 is 2.61 bits per heavy atom. The van der Waals surface area contributed by atoms with Crippen molar-refractivity contribution in [1.29, 1.82) is 0 Å². The topological polar surface area (TPSA) is 72.2 Å². The maximum atomic E-state index is 13.4. The molecule has 2 unspecified atom stereocenters. The van der Waals surface area contributed by atoms with Crippen molar-refractivity contribution in [3.8, 4) is 0 Å². The zero-order chi connectivity index (χ0) is 13.5. The Labute approximate surface area is 104 Å². The number of rotatable bonds is 4. The molecule has 1 aliphatic carbocycles. The van der Waals surface area contributed by atoms with Crippen LogP contribution in [0.3, 0.4) is 0 Å². The molecule has 0 aliphatic heterocycles. The van der Waals surface area contributed by atoms with E-state index in [4.69, 9.17) is 5.73 Å². The van der Waals surface area contributed by atoms with Crippen LogP contribution in [0, 0.1) is 23.5 Å². The third-order valence-corrected chi connectivity index (χ3v) is 4.54. The number of hydrogen-bond donors (Lipinski definition) is 2. The lowest BCUT2D eigenvalue weighted by molar-refractivity contribution is 0.483. The van der Waals surface area contributed by atoms with Gasteiger partial charge in [0.25, 0.3) is 0 Å². The first kappa shape index (κ1) is 13.2. The van der Waals surface area contributed by atoms with Gasteiger partial charge in [-0.3, -0.25) is 0 Å². The average Bonchev–Trinajstić information content (AvgIpc) is 2.97. The number of hydrogen-bond acceptors (Lipinski definition) is 3. The summed E-state index contributed by atoms with van der Waals surface area (Å²) in [6.07, 6.45) is 0.941. The second kappa shape index (κ2) is 4.47. The molecule has 2 rings (SSSR count). The molecule has 1 aromatic rings. The van der Waals surface area contributed by atoms with E-state index >= 15 is 0 Å². The van der Waals surface area contributed by atoms with E-state index in [1.165, 1.54) is 0 Å². The SMILES string of the molecule is CC1CC1CNS(=O)(=O)c1cc(N)cc(F)c1F. The molecule has 1 aliphatic rings. The van der Waals surface area contributed by atoms with Crippen molar-refractivity contribution in [1.82, 2.24) is 4.72 Å². The van der Waals surface area contributed by atoms with Crippen LogP contribution in [0.1, 0.15) is 13.3 Å². The smallest absolute Gasteiger partial charge is 0.243 e. The molecule has 2 atom stereocenters. The first-order chi connectivity index (χ1) is 8.31. The third kappa shape index (κ3) is 2.62. The number of anilines is 1. The van der Waals surface area contributed by atoms with E-state index in [0.29, 0.717) is 5.92 Å². The van der Waals surface area contributed by atoms with Gasteiger partial charge < -0.3 is 5.73 Å². The van der Waals surface area contributed by atoms with Crippen LogP contribution in [0.25, 0.3) is 0 Å². The molecular formula is C11H14F2N2O2S. The van der Waals surface area contributed by atoms with Crippen molar-refractivity contribution >= 4 is 15.7 Å². The largest absolute Gasteiger partial charge is 0.399 e. The summed E-state index contributed by atoms with van der Waals surface area (Å²) in [7, 11) is -4.06. The van der Waals surface area contributed by atoms with E-state index in [1.807, 2.05) is 6.92 Å². The molecule has 0 aromatic heterocycles. The molecule has 100 valence electrons. The fourth-order valence-electron chi connectivity index (χ4n) is 1.76. The van der Waals surface area contributed by atoms with Gasteiger partial charge in [0.15, 0.2) is 11.6 Å². The summed E-state index contributed by atoms with van der Waals surface area (Å²) in [6, 6.07) is 1.66. The molecule has 1 saturated carbocycles. The van der Waals surface area contributed by atoms with E-state index in [-0.39, 0.29) is 18.2 Å². The number of halogens is 2. The maximum Gasteiger partial charge on any atom is 0.243 e. The molecule has 0 amide bonds. The summed E-state index contributed by atoms with van der Waals surface area (Å²) in [4.78, 5) is -0.742. The van der Waals surface area contributed by atoms with E-state index in [2.05, 4.69) is 4.72 Å². The van der Waals surface area contributed by atoms with Crippen molar-refractivity contribution in [3.05, 3.63) is 23.8 Å². The molecule has 1 aromatic carbocycles. The molecule has 0 heterocycles. The van der Waals surface area contributed by atoms with Crippen molar-refractivity contribution in [3.63, 3.8) is 0 Å². The highest BCUT2D eigenvalue weighted by Gasteiger charge is 2.34. The quantitative estimate of drug-likeness (QED) is 0.818. The highest BCUT2D eigenvalue weighted by Crippen LogP contribution is 2.37. The monoisotopic (exact) mass is 276 g/mol. The number of nitrogens with two attached hydrogens (primary N) is 1. The predicted octanol–water partition coefficient (Wildman–Crippen LogP) is 1.48. The molecule has 4 nitrogen and oxygen atoms in total. The standard InChI is InChI=1S/C11H14F2N2O2S/c1-6-2-7(6)5-15-18(16,17)10-4-8(14)3-9(12)11(10)13/h3-4,6-7,15H,2,5,14H2,1H3. The number of sulfonamides is 1. The molecule has 0 radical (unpaired) electrons. The summed E-state index contributed by atoms with van der Waals surface area (Å²) >= 11 is 0. The van der Waals surface area contributed by atoms with Crippen molar-refractivity contribution in [2.45, 2.75) is 18.2 Å². The highest BCUT2D eigenvalue weighted by atomic mass is 32.2. The Balaban J connectivity index is 2.23. The minimum absolute atomic E-state index is 0.130. The van der Waals surface area contributed by atoms with Gasteiger partial charge in [0, 0.05) is 12.2 Å². The Morgan fingerprint density at radius 2 is 2.06 bits per heavy atom. The average molecular weight is 276 g/mol. The molecule has 0 bridgehead atoms. The van der Waals surface area contributed by atoms with Gasteiger partial charge in [0.05, 0.1) is 0 Å². The normalized spacial score (nSPS) is 23.1. The van der Waals surface area contributed by atoms with Gasteiger partial charge in [-0.2, -0.15) is 0 Å². The molecular weight excluding hydrogens is 262 g/mol. The van der Waals surface area contributed by atoms with Gasteiger partial charge in [-0.1, -0.05) is 6.92 Å². The van der Waals surface area contributed by atoms with Crippen LogP contribution in [0.15, 0.2) is 17.0 Å².